The first kappa shape index (κ1) is 12.4. The fourth-order valence-corrected chi connectivity index (χ4v) is 2.28. The topological polar surface area (TPSA) is 42.1 Å². The van der Waals surface area contributed by atoms with Crippen molar-refractivity contribution in [2.24, 2.45) is 11.7 Å². The second kappa shape index (κ2) is 5.05. The molecule has 1 aliphatic carbocycles. The van der Waals surface area contributed by atoms with Gasteiger partial charge in [-0.2, -0.15) is 0 Å². The van der Waals surface area contributed by atoms with Gasteiger partial charge in [-0.05, 0) is 50.2 Å². The number of hydrogen-bond donors (Lipinski definition) is 1. The highest BCUT2D eigenvalue weighted by atomic mass is 15.2. The Bertz CT molecular complexity index is 383. The van der Waals surface area contributed by atoms with Gasteiger partial charge in [0.1, 0.15) is 5.82 Å². The van der Waals surface area contributed by atoms with Crippen LogP contribution in [0.2, 0.25) is 0 Å². The number of anilines is 1. The van der Waals surface area contributed by atoms with Gasteiger partial charge in [0.05, 0.1) is 0 Å². The summed E-state index contributed by atoms with van der Waals surface area (Å²) in [6, 6.07) is 2.42. The Kier molecular flexibility index (Phi) is 3.67. The van der Waals surface area contributed by atoms with E-state index in [1.165, 1.54) is 24.0 Å². The van der Waals surface area contributed by atoms with Crippen LogP contribution in [0.3, 0.4) is 0 Å². The van der Waals surface area contributed by atoms with E-state index in [0.29, 0.717) is 0 Å². The maximum absolute atomic E-state index is 5.81. The van der Waals surface area contributed by atoms with Gasteiger partial charge in [-0.3, -0.25) is 0 Å². The van der Waals surface area contributed by atoms with Crippen molar-refractivity contribution in [1.29, 1.82) is 0 Å². The van der Waals surface area contributed by atoms with Crippen LogP contribution in [0.4, 0.5) is 5.82 Å². The van der Waals surface area contributed by atoms with Crippen LogP contribution >= 0.6 is 0 Å². The Morgan fingerprint density at radius 1 is 1.53 bits per heavy atom. The van der Waals surface area contributed by atoms with Crippen molar-refractivity contribution < 1.29 is 0 Å². The lowest BCUT2D eigenvalue weighted by atomic mass is 10.1. The Labute approximate surface area is 104 Å². The van der Waals surface area contributed by atoms with Crippen molar-refractivity contribution in [1.82, 2.24) is 4.98 Å². The van der Waals surface area contributed by atoms with E-state index in [0.717, 1.165) is 24.7 Å². The second-order valence-corrected chi connectivity index (χ2v) is 5.49. The lowest BCUT2D eigenvalue weighted by Crippen LogP contribution is -2.22. The van der Waals surface area contributed by atoms with Crippen LogP contribution in [0, 0.1) is 12.8 Å². The fourth-order valence-electron chi connectivity index (χ4n) is 2.28. The van der Waals surface area contributed by atoms with E-state index in [-0.39, 0.29) is 6.04 Å². The molecule has 0 aromatic carbocycles. The third-order valence-corrected chi connectivity index (χ3v) is 3.26. The molecule has 3 nitrogen and oxygen atoms in total. The molecule has 1 unspecified atom stereocenters. The molecule has 1 heterocycles. The van der Waals surface area contributed by atoms with Gasteiger partial charge in [-0.15, -0.1) is 0 Å². The molecule has 1 saturated carbocycles. The third-order valence-electron chi connectivity index (χ3n) is 3.26. The smallest absolute Gasteiger partial charge is 0.131 e. The standard InChI is InChI=1S/C14H23N3/c1-10-6-13(7-11(2)15)8-16-14(10)17(3)9-12-4-5-12/h6,8,11-12H,4-5,7,9,15H2,1-3H3. The molecule has 0 radical (unpaired) electrons. The number of rotatable bonds is 5. The van der Waals surface area contributed by atoms with Crippen LogP contribution in [-0.2, 0) is 6.42 Å². The van der Waals surface area contributed by atoms with Crippen LogP contribution in [-0.4, -0.2) is 24.6 Å². The molecule has 94 valence electrons. The van der Waals surface area contributed by atoms with E-state index in [4.69, 9.17) is 5.73 Å². The largest absolute Gasteiger partial charge is 0.359 e. The highest BCUT2D eigenvalue weighted by molar-refractivity contribution is 5.46. The zero-order valence-electron chi connectivity index (χ0n) is 11.1. The molecule has 1 aromatic rings. The number of aromatic nitrogens is 1. The lowest BCUT2D eigenvalue weighted by Gasteiger charge is -2.20. The summed E-state index contributed by atoms with van der Waals surface area (Å²) in [5.41, 5.74) is 8.30. The minimum absolute atomic E-state index is 0.200. The van der Waals surface area contributed by atoms with Gasteiger partial charge in [-0.25, -0.2) is 4.98 Å². The van der Waals surface area contributed by atoms with Crippen molar-refractivity contribution in [3.05, 3.63) is 23.4 Å². The lowest BCUT2D eigenvalue weighted by molar-refractivity contribution is 0.732. The number of hydrogen-bond acceptors (Lipinski definition) is 3. The van der Waals surface area contributed by atoms with E-state index in [1.54, 1.807) is 0 Å². The fraction of sp³-hybridized carbons (Fsp3) is 0.643. The molecule has 1 aliphatic rings. The molecule has 1 aromatic heterocycles. The van der Waals surface area contributed by atoms with E-state index in [2.05, 4.69) is 29.9 Å². The summed E-state index contributed by atoms with van der Waals surface area (Å²) < 4.78 is 0. The van der Waals surface area contributed by atoms with Gasteiger partial charge in [-0.1, -0.05) is 6.07 Å². The summed E-state index contributed by atoms with van der Waals surface area (Å²) in [5.74, 6) is 2.01. The van der Waals surface area contributed by atoms with E-state index in [1.807, 2.05) is 13.1 Å². The van der Waals surface area contributed by atoms with Crippen LogP contribution < -0.4 is 10.6 Å². The average molecular weight is 233 g/mol. The predicted molar refractivity (Wildman–Crippen MR) is 72.3 cm³/mol. The summed E-state index contributed by atoms with van der Waals surface area (Å²) >= 11 is 0. The number of nitrogens with two attached hydrogens (primary N) is 1. The van der Waals surface area contributed by atoms with E-state index < -0.39 is 0 Å². The summed E-state index contributed by atoms with van der Waals surface area (Å²) in [4.78, 5) is 6.86. The molecule has 0 amide bonds. The zero-order chi connectivity index (χ0) is 12.4. The van der Waals surface area contributed by atoms with Gasteiger partial charge in [0.2, 0.25) is 0 Å². The minimum Gasteiger partial charge on any atom is -0.359 e. The molecular weight excluding hydrogens is 210 g/mol. The van der Waals surface area contributed by atoms with Gasteiger partial charge >= 0.3 is 0 Å². The molecule has 2 rings (SSSR count). The minimum atomic E-state index is 0.200. The van der Waals surface area contributed by atoms with Gasteiger partial charge in [0.15, 0.2) is 0 Å². The summed E-state index contributed by atoms with van der Waals surface area (Å²) in [6.45, 7) is 5.30. The molecular formula is C14H23N3. The molecule has 0 bridgehead atoms. The first-order valence-corrected chi connectivity index (χ1v) is 6.48. The van der Waals surface area contributed by atoms with Gasteiger partial charge in [0, 0.05) is 25.8 Å². The normalized spacial score (nSPS) is 16.9. The van der Waals surface area contributed by atoms with Crippen molar-refractivity contribution in [2.75, 3.05) is 18.5 Å². The maximum Gasteiger partial charge on any atom is 0.131 e. The Balaban J connectivity index is 2.06. The molecule has 2 N–H and O–H groups in total. The Morgan fingerprint density at radius 3 is 2.76 bits per heavy atom. The van der Waals surface area contributed by atoms with Crippen molar-refractivity contribution in [2.45, 2.75) is 39.2 Å². The first-order valence-electron chi connectivity index (χ1n) is 6.48. The van der Waals surface area contributed by atoms with E-state index in [9.17, 15) is 0 Å². The van der Waals surface area contributed by atoms with Crippen LogP contribution in [0.1, 0.15) is 30.9 Å². The van der Waals surface area contributed by atoms with Gasteiger partial charge in [0.25, 0.3) is 0 Å². The van der Waals surface area contributed by atoms with Gasteiger partial charge < -0.3 is 10.6 Å². The Morgan fingerprint density at radius 2 is 2.24 bits per heavy atom. The average Bonchev–Trinajstić information content (AvgIpc) is 3.00. The SMILES string of the molecule is Cc1cc(CC(C)N)cnc1N(C)CC1CC1. The first-order chi connectivity index (χ1) is 8.06. The molecule has 1 fully saturated rings. The molecule has 17 heavy (non-hydrogen) atoms. The van der Waals surface area contributed by atoms with E-state index >= 15 is 0 Å². The highest BCUT2D eigenvalue weighted by Crippen LogP contribution is 2.31. The van der Waals surface area contributed by atoms with Crippen LogP contribution in [0.25, 0.3) is 0 Å². The van der Waals surface area contributed by atoms with Crippen LogP contribution in [0.5, 0.6) is 0 Å². The molecule has 0 aliphatic heterocycles. The number of pyridine rings is 1. The second-order valence-electron chi connectivity index (χ2n) is 5.49. The molecule has 0 spiro atoms. The third kappa shape index (κ3) is 3.43. The van der Waals surface area contributed by atoms with Crippen molar-refractivity contribution in [3.8, 4) is 0 Å². The summed E-state index contributed by atoms with van der Waals surface area (Å²) in [6.07, 6.45) is 5.63. The molecule has 3 heteroatoms. The predicted octanol–water partition coefficient (Wildman–Crippen LogP) is 2.13. The Hall–Kier alpha value is -1.09. The summed E-state index contributed by atoms with van der Waals surface area (Å²) in [5, 5.41) is 0. The molecule has 0 saturated heterocycles. The quantitative estimate of drug-likeness (QED) is 0.847. The number of nitrogens with zero attached hydrogens (tertiary/aromatic N) is 2. The number of aryl methyl sites for hydroxylation is 1. The maximum atomic E-state index is 5.81. The summed E-state index contributed by atoms with van der Waals surface area (Å²) in [7, 11) is 2.14. The molecule has 1 atom stereocenters. The zero-order valence-corrected chi connectivity index (χ0v) is 11.1. The van der Waals surface area contributed by atoms with Crippen LogP contribution in [0.15, 0.2) is 12.3 Å². The van der Waals surface area contributed by atoms with Crippen molar-refractivity contribution >= 4 is 5.82 Å². The van der Waals surface area contributed by atoms with Crippen molar-refractivity contribution in [3.63, 3.8) is 0 Å². The monoisotopic (exact) mass is 233 g/mol. The highest BCUT2D eigenvalue weighted by Gasteiger charge is 2.23.